The van der Waals surface area contributed by atoms with Gasteiger partial charge in [-0.15, -0.1) is 0 Å². The highest BCUT2D eigenvalue weighted by atomic mass is 32.2. The van der Waals surface area contributed by atoms with Crippen molar-refractivity contribution in [3.8, 4) is 0 Å². The van der Waals surface area contributed by atoms with E-state index in [-0.39, 0.29) is 6.04 Å². The molecule has 1 fully saturated rings. The Bertz CT molecular complexity index is 326. The number of hydrogen-bond donors (Lipinski definition) is 1. The van der Waals surface area contributed by atoms with E-state index in [1.54, 1.807) is 11.4 Å². The molecule has 5 nitrogen and oxygen atoms in total. The summed E-state index contributed by atoms with van der Waals surface area (Å²) in [6.07, 6.45) is 3.02. The minimum atomic E-state index is -3.32. The van der Waals surface area contributed by atoms with Crippen LogP contribution >= 0.6 is 0 Å². The third kappa shape index (κ3) is 4.21. The summed E-state index contributed by atoms with van der Waals surface area (Å²) >= 11 is 0. The summed E-state index contributed by atoms with van der Waals surface area (Å²) < 4.78 is 27.7. The van der Waals surface area contributed by atoms with Gasteiger partial charge in [0.2, 0.25) is 0 Å². The summed E-state index contributed by atoms with van der Waals surface area (Å²) in [5.41, 5.74) is 5.41. The third-order valence-corrected chi connectivity index (χ3v) is 5.21. The van der Waals surface area contributed by atoms with Crippen molar-refractivity contribution in [2.75, 3.05) is 26.7 Å². The minimum Gasteiger partial charge on any atom is -0.330 e. The average Bonchev–Trinajstić information content (AvgIpc) is 3.05. The molecule has 0 radical (unpaired) electrons. The SMILES string of the molecule is CC(C)N(CC1CC1)S(=O)(=O)N(C)CCCN. The largest absolute Gasteiger partial charge is 0.330 e. The van der Waals surface area contributed by atoms with E-state index in [1.807, 2.05) is 13.8 Å². The molecule has 0 aliphatic heterocycles. The van der Waals surface area contributed by atoms with Crippen molar-refractivity contribution < 1.29 is 8.42 Å². The standard InChI is InChI=1S/C11H25N3O2S/c1-10(2)14(9-11-5-6-11)17(15,16)13(3)8-4-7-12/h10-11H,4-9,12H2,1-3H3. The summed E-state index contributed by atoms with van der Waals surface area (Å²) in [5, 5.41) is 0. The topological polar surface area (TPSA) is 66.6 Å². The van der Waals surface area contributed by atoms with E-state index in [0.29, 0.717) is 32.0 Å². The second kappa shape index (κ2) is 6.13. The van der Waals surface area contributed by atoms with E-state index in [4.69, 9.17) is 5.73 Å². The van der Waals surface area contributed by atoms with Gasteiger partial charge in [0, 0.05) is 26.2 Å². The second-order valence-corrected chi connectivity index (χ2v) is 7.07. The van der Waals surface area contributed by atoms with Crippen molar-refractivity contribution in [3.63, 3.8) is 0 Å². The molecule has 1 aliphatic carbocycles. The number of rotatable bonds is 8. The molecule has 1 saturated carbocycles. The second-order valence-electron chi connectivity index (χ2n) is 5.08. The molecule has 0 saturated heterocycles. The fraction of sp³-hybridized carbons (Fsp3) is 1.00. The monoisotopic (exact) mass is 263 g/mol. The van der Waals surface area contributed by atoms with E-state index in [1.165, 1.54) is 4.31 Å². The van der Waals surface area contributed by atoms with Crippen LogP contribution in [0.1, 0.15) is 33.1 Å². The molecule has 2 N–H and O–H groups in total. The van der Waals surface area contributed by atoms with Crippen LogP contribution in [0.25, 0.3) is 0 Å². The van der Waals surface area contributed by atoms with Crippen molar-refractivity contribution in [1.29, 1.82) is 0 Å². The Labute approximate surface area is 105 Å². The first-order valence-corrected chi connectivity index (χ1v) is 7.72. The predicted molar refractivity (Wildman–Crippen MR) is 69.8 cm³/mol. The van der Waals surface area contributed by atoms with Gasteiger partial charge in [-0.2, -0.15) is 17.0 Å². The van der Waals surface area contributed by atoms with Crippen LogP contribution in [0.5, 0.6) is 0 Å². The maximum absolute atomic E-state index is 12.4. The molecule has 0 aromatic heterocycles. The van der Waals surface area contributed by atoms with Crippen LogP contribution in [-0.2, 0) is 10.2 Å². The predicted octanol–water partition coefficient (Wildman–Crippen LogP) is 0.632. The van der Waals surface area contributed by atoms with Crippen molar-refractivity contribution >= 4 is 10.2 Å². The molecule has 17 heavy (non-hydrogen) atoms. The molecule has 0 unspecified atom stereocenters. The smallest absolute Gasteiger partial charge is 0.281 e. The van der Waals surface area contributed by atoms with Gasteiger partial charge in [-0.1, -0.05) is 0 Å². The summed E-state index contributed by atoms with van der Waals surface area (Å²) in [5.74, 6) is 0.565. The van der Waals surface area contributed by atoms with Gasteiger partial charge in [-0.3, -0.25) is 0 Å². The van der Waals surface area contributed by atoms with Crippen molar-refractivity contribution in [3.05, 3.63) is 0 Å². The van der Waals surface area contributed by atoms with Gasteiger partial charge in [-0.25, -0.2) is 0 Å². The molecular formula is C11H25N3O2S. The van der Waals surface area contributed by atoms with Crippen LogP contribution in [0.3, 0.4) is 0 Å². The fourth-order valence-electron chi connectivity index (χ4n) is 1.73. The van der Waals surface area contributed by atoms with Crippen LogP contribution in [0.4, 0.5) is 0 Å². The van der Waals surface area contributed by atoms with E-state index in [0.717, 1.165) is 12.8 Å². The molecule has 0 atom stereocenters. The number of nitrogens with two attached hydrogens (primary N) is 1. The number of nitrogens with zero attached hydrogens (tertiary/aromatic N) is 2. The molecule has 6 heteroatoms. The third-order valence-electron chi connectivity index (χ3n) is 3.08. The van der Waals surface area contributed by atoms with Gasteiger partial charge in [-0.05, 0) is 45.6 Å². The zero-order chi connectivity index (χ0) is 13.1. The van der Waals surface area contributed by atoms with Crippen LogP contribution in [0.15, 0.2) is 0 Å². The lowest BCUT2D eigenvalue weighted by Gasteiger charge is -2.30. The van der Waals surface area contributed by atoms with Crippen LogP contribution < -0.4 is 5.73 Å². The molecular weight excluding hydrogens is 238 g/mol. The average molecular weight is 263 g/mol. The normalized spacial score (nSPS) is 17.4. The Balaban J connectivity index is 2.68. The highest BCUT2D eigenvalue weighted by Crippen LogP contribution is 2.31. The molecule has 0 bridgehead atoms. The Morgan fingerprint density at radius 2 is 1.94 bits per heavy atom. The summed E-state index contributed by atoms with van der Waals surface area (Å²) in [7, 11) is -1.68. The minimum absolute atomic E-state index is 0.0147. The molecule has 0 spiro atoms. The van der Waals surface area contributed by atoms with Gasteiger partial charge < -0.3 is 5.73 Å². The van der Waals surface area contributed by atoms with Crippen molar-refractivity contribution in [1.82, 2.24) is 8.61 Å². The highest BCUT2D eigenvalue weighted by molar-refractivity contribution is 7.86. The van der Waals surface area contributed by atoms with Gasteiger partial charge in [0.05, 0.1) is 0 Å². The summed E-state index contributed by atoms with van der Waals surface area (Å²) in [4.78, 5) is 0. The summed E-state index contributed by atoms with van der Waals surface area (Å²) in [6, 6.07) is 0.0147. The molecule has 1 rings (SSSR count). The Hall–Kier alpha value is -0.170. The van der Waals surface area contributed by atoms with E-state index < -0.39 is 10.2 Å². The van der Waals surface area contributed by atoms with Gasteiger partial charge in [0.25, 0.3) is 10.2 Å². The van der Waals surface area contributed by atoms with Crippen molar-refractivity contribution in [2.24, 2.45) is 11.7 Å². The first kappa shape index (κ1) is 14.9. The highest BCUT2D eigenvalue weighted by Gasteiger charge is 2.34. The lowest BCUT2D eigenvalue weighted by Crippen LogP contribution is -2.46. The lowest BCUT2D eigenvalue weighted by molar-refractivity contribution is 0.308. The van der Waals surface area contributed by atoms with Gasteiger partial charge in [0.1, 0.15) is 0 Å². The van der Waals surface area contributed by atoms with Crippen LogP contribution in [-0.4, -0.2) is 49.8 Å². The molecule has 0 aromatic carbocycles. The Morgan fingerprint density at radius 3 is 2.35 bits per heavy atom. The van der Waals surface area contributed by atoms with E-state index in [2.05, 4.69) is 0 Å². The quantitative estimate of drug-likeness (QED) is 0.698. The van der Waals surface area contributed by atoms with Crippen LogP contribution in [0.2, 0.25) is 0 Å². The molecule has 1 aliphatic rings. The summed E-state index contributed by atoms with van der Waals surface area (Å²) in [6.45, 7) is 5.53. The number of hydrogen-bond acceptors (Lipinski definition) is 3. The van der Waals surface area contributed by atoms with Gasteiger partial charge in [0.15, 0.2) is 0 Å². The first-order valence-electron chi connectivity index (χ1n) is 6.32. The molecule has 0 heterocycles. The first-order chi connectivity index (χ1) is 7.89. The van der Waals surface area contributed by atoms with E-state index >= 15 is 0 Å². The van der Waals surface area contributed by atoms with Crippen molar-refractivity contribution in [2.45, 2.75) is 39.2 Å². The molecule has 0 aromatic rings. The lowest BCUT2D eigenvalue weighted by atomic mass is 10.3. The maximum Gasteiger partial charge on any atom is 0.281 e. The molecule has 0 amide bonds. The Morgan fingerprint density at radius 1 is 1.35 bits per heavy atom. The van der Waals surface area contributed by atoms with Gasteiger partial charge >= 0.3 is 0 Å². The maximum atomic E-state index is 12.4. The van der Waals surface area contributed by atoms with Crippen LogP contribution in [0, 0.1) is 5.92 Å². The fourth-order valence-corrected chi connectivity index (χ4v) is 3.38. The zero-order valence-electron chi connectivity index (χ0n) is 11.1. The van der Waals surface area contributed by atoms with E-state index in [9.17, 15) is 8.42 Å². The Kier molecular flexibility index (Phi) is 5.37. The zero-order valence-corrected chi connectivity index (χ0v) is 11.9. The molecule has 102 valence electrons.